The van der Waals surface area contributed by atoms with E-state index >= 15 is 0 Å². The average Bonchev–Trinajstić information content (AvgIpc) is 2.73. The van der Waals surface area contributed by atoms with E-state index in [1.54, 1.807) is 6.07 Å². The largest absolute Gasteiger partial charge is 0.399 e. The fourth-order valence-corrected chi connectivity index (χ4v) is 4.90. The summed E-state index contributed by atoms with van der Waals surface area (Å²) in [6.07, 6.45) is 13.2. The maximum atomic E-state index is 12.0. The van der Waals surface area contributed by atoms with Gasteiger partial charge in [0.1, 0.15) is 0 Å². The molecule has 0 radical (unpaired) electrons. The molecule has 0 spiro atoms. The van der Waals surface area contributed by atoms with Crippen molar-refractivity contribution in [3.63, 3.8) is 0 Å². The van der Waals surface area contributed by atoms with Crippen LogP contribution >= 0.6 is 0 Å². The zero-order chi connectivity index (χ0) is 21.5. The molecule has 1 aliphatic rings. The molecule has 1 fully saturated rings. The molecule has 0 bridgehead atoms. The Morgan fingerprint density at radius 3 is 2.30 bits per heavy atom. The first-order valence-electron chi connectivity index (χ1n) is 11.6. The van der Waals surface area contributed by atoms with Crippen molar-refractivity contribution in [2.75, 3.05) is 11.5 Å². The Balaban J connectivity index is 1.70. The second-order valence-electron chi connectivity index (χ2n) is 8.94. The van der Waals surface area contributed by atoms with Crippen LogP contribution in [0.2, 0.25) is 0 Å². The first kappa shape index (κ1) is 22.2. The van der Waals surface area contributed by atoms with E-state index in [2.05, 4.69) is 19.1 Å². The lowest BCUT2D eigenvalue weighted by Gasteiger charge is -2.29. The number of primary amides is 1. The lowest BCUT2D eigenvalue weighted by Crippen LogP contribution is -2.15. The molecule has 1 amide bonds. The van der Waals surface area contributed by atoms with Crippen LogP contribution in [0.1, 0.15) is 93.0 Å². The Kier molecular flexibility index (Phi) is 7.78. The number of nitrogens with two attached hydrogens (primary N) is 3. The number of unbranched alkanes of at least 4 members (excludes halogenated alkanes) is 4. The monoisotopic (exact) mass is 407 g/mol. The second-order valence-corrected chi connectivity index (χ2v) is 8.94. The Morgan fingerprint density at radius 2 is 1.63 bits per heavy atom. The zero-order valence-corrected chi connectivity index (χ0v) is 18.3. The summed E-state index contributed by atoms with van der Waals surface area (Å²) >= 11 is 0. The molecule has 2 aromatic rings. The van der Waals surface area contributed by atoms with Crippen LogP contribution in [-0.4, -0.2) is 5.91 Å². The maximum absolute atomic E-state index is 12.0. The molecule has 0 aliphatic heterocycles. The molecule has 1 saturated carbocycles. The standard InChI is InChI=1S/C26H37N3O/c1-2-3-4-5-6-7-18-8-10-19(11-9-18)20-12-14-23(26(29)30)24(16-20)22-15-13-21(27)17-25(22)28/h12-19H,2-11,27-28H2,1H3,(H2,29,30). The Bertz CT molecular complexity index is 853. The van der Waals surface area contributed by atoms with E-state index in [0.29, 0.717) is 22.9 Å². The molecule has 162 valence electrons. The molecular formula is C26H37N3O. The summed E-state index contributed by atoms with van der Waals surface area (Å²) in [6, 6.07) is 11.5. The van der Waals surface area contributed by atoms with E-state index < -0.39 is 5.91 Å². The van der Waals surface area contributed by atoms with Gasteiger partial charge in [-0.1, -0.05) is 57.6 Å². The van der Waals surface area contributed by atoms with E-state index in [-0.39, 0.29) is 0 Å². The van der Waals surface area contributed by atoms with Crippen LogP contribution in [0.4, 0.5) is 11.4 Å². The normalized spacial score (nSPS) is 19.0. The summed E-state index contributed by atoms with van der Waals surface area (Å²) in [6.45, 7) is 2.27. The Morgan fingerprint density at radius 1 is 0.900 bits per heavy atom. The summed E-state index contributed by atoms with van der Waals surface area (Å²) < 4.78 is 0. The molecule has 0 saturated heterocycles. The van der Waals surface area contributed by atoms with Gasteiger partial charge in [0.25, 0.3) is 0 Å². The molecule has 2 aromatic carbocycles. The SMILES string of the molecule is CCCCCCCC1CCC(c2ccc(C(N)=O)c(-c3ccc(N)cc3N)c2)CC1. The maximum Gasteiger partial charge on any atom is 0.249 e. The van der Waals surface area contributed by atoms with Crippen LogP contribution in [0.5, 0.6) is 0 Å². The smallest absolute Gasteiger partial charge is 0.249 e. The summed E-state index contributed by atoms with van der Waals surface area (Å²) in [7, 11) is 0. The molecule has 6 N–H and O–H groups in total. The molecule has 3 rings (SSSR count). The quantitative estimate of drug-likeness (QED) is 0.338. The van der Waals surface area contributed by atoms with Gasteiger partial charge in [-0.2, -0.15) is 0 Å². The summed E-state index contributed by atoms with van der Waals surface area (Å²) in [5.41, 5.74) is 22.3. The van der Waals surface area contributed by atoms with Crippen molar-refractivity contribution < 1.29 is 4.79 Å². The minimum atomic E-state index is -0.431. The fraction of sp³-hybridized carbons (Fsp3) is 0.500. The Labute approximate surface area is 181 Å². The van der Waals surface area contributed by atoms with Crippen molar-refractivity contribution in [1.82, 2.24) is 0 Å². The molecule has 0 aromatic heterocycles. The van der Waals surface area contributed by atoms with Crippen LogP contribution in [0.3, 0.4) is 0 Å². The van der Waals surface area contributed by atoms with Crippen molar-refractivity contribution in [2.24, 2.45) is 11.7 Å². The number of hydrogen-bond donors (Lipinski definition) is 3. The topological polar surface area (TPSA) is 95.1 Å². The number of benzene rings is 2. The van der Waals surface area contributed by atoms with Gasteiger partial charge in [0.2, 0.25) is 5.91 Å². The number of rotatable bonds is 9. The number of carbonyl (C=O) groups excluding carboxylic acids is 1. The molecule has 0 atom stereocenters. The van der Waals surface area contributed by atoms with Gasteiger partial charge in [-0.05, 0) is 72.9 Å². The van der Waals surface area contributed by atoms with Gasteiger partial charge in [-0.15, -0.1) is 0 Å². The molecule has 0 heterocycles. The first-order chi connectivity index (χ1) is 14.5. The molecule has 1 aliphatic carbocycles. The number of anilines is 2. The van der Waals surface area contributed by atoms with Crippen LogP contribution in [0, 0.1) is 5.92 Å². The van der Waals surface area contributed by atoms with Crippen molar-refractivity contribution in [2.45, 2.75) is 77.0 Å². The number of amides is 1. The van der Waals surface area contributed by atoms with Crippen molar-refractivity contribution >= 4 is 17.3 Å². The summed E-state index contributed by atoms with van der Waals surface area (Å²) in [4.78, 5) is 12.0. The third kappa shape index (κ3) is 5.56. The predicted molar refractivity (Wildman–Crippen MR) is 127 cm³/mol. The van der Waals surface area contributed by atoms with Crippen molar-refractivity contribution in [3.8, 4) is 11.1 Å². The van der Waals surface area contributed by atoms with Gasteiger partial charge in [-0.25, -0.2) is 0 Å². The van der Waals surface area contributed by atoms with Gasteiger partial charge in [0.15, 0.2) is 0 Å². The predicted octanol–water partition coefficient (Wildman–Crippen LogP) is 6.25. The highest BCUT2D eigenvalue weighted by atomic mass is 16.1. The van der Waals surface area contributed by atoms with Gasteiger partial charge >= 0.3 is 0 Å². The highest BCUT2D eigenvalue weighted by Crippen LogP contribution is 2.40. The summed E-state index contributed by atoms with van der Waals surface area (Å²) in [5, 5.41) is 0. The minimum Gasteiger partial charge on any atom is -0.399 e. The highest BCUT2D eigenvalue weighted by Gasteiger charge is 2.23. The highest BCUT2D eigenvalue weighted by molar-refractivity contribution is 6.01. The van der Waals surface area contributed by atoms with Gasteiger partial charge < -0.3 is 17.2 Å². The third-order valence-corrected chi connectivity index (χ3v) is 6.71. The van der Waals surface area contributed by atoms with E-state index in [9.17, 15) is 4.79 Å². The summed E-state index contributed by atoms with van der Waals surface area (Å²) in [5.74, 6) is 0.983. The van der Waals surface area contributed by atoms with Crippen molar-refractivity contribution in [3.05, 3.63) is 47.5 Å². The number of hydrogen-bond acceptors (Lipinski definition) is 3. The van der Waals surface area contributed by atoms with Gasteiger partial charge in [0.05, 0.1) is 0 Å². The van der Waals surface area contributed by atoms with E-state index in [1.165, 1.54) is 69.8 Å². The van der Waals surface area contributed by atoms with E-state index in [1.807, 2.05) is 18.2 Å². The number of nitrogen functional groups attached to an aromatic ring is 2. The van der Waals surface area contributed by atoms with Crippen LogP contribution in [0.25, 0.3) is 11.1 Å². The number of carbonyl (C=O) groups is 1. The molecule has 30 heavy (non-hydrogen) atoms. The molecule has 0 unspecified atom stereocenters. The van der Waals surface area contributed by atoms with Crippen LogP contribution < -0.4 is 17.2 Å². The zero-order valence-electron chi connectivity index (χ0n) is 18.3. The van der Waals surface area contributed by atoms with Gasteiger partial charge in [-0.3, -0.25) is 4.79 Å². The molecular weight excluding hydrogens is 370 g/mol. The Hall–Kier alpha value is -2.49. The lowest BCUT2D eigenvalue weighted by atomic mass is 9.76. The second kappa shape index (κ2) is 10.5. The fourth-order valence-electron chi connectivity index (χ4n) is 4.90. The molecule has 4 nitrogen and oxygen atoms in total. The van der Waals surface area contributed by atoms with Gasteiger partial charge in [0, 0.05) is 22.5 Å². The first-order valence-corrected chi connectivity index (χ1v) is 11.6. The van der Waals surface area contributed by atoms with E-state index in [4.69, 9.17) is 17.2 Å². The van der Waals surface area contributed by atoms with E-state index in [0.717, 1.165) is 17.0 Å². The third-order valence-electron chi connectivity index (χ3n) is 6.71. The lowest BCUT2D eigenvalue weighted by molar-refractivity contribution is 0.100. The average molecular weight is 408 g/mol. The van der Waals surface area contributed by atoms with Crippen molar-refractivity contribution in [1.29, 1.82) is 0 Å². The minimum absolute atomic E-state index is 0.431. The van der Waals surface area contributed by atoms with Crippen LogP contribution in [-0.2, 0) is 0 Å². The molecule has 4 heteroatoms. The van der Waals surface area contributed by atoms with Crippen LogP contribution in [0.15, 0.2) is 36.4 Å².